The van der Waals surface area contributed by atoms with Crippen LogP contribution in [0.15, 0.2) is 24.3 Å². The first kappa shape index (κ1) is 24.7. The average molecular weight is 549 g/mol. The highest BCUT2D eigenvalue weighted by Crippen LogP contribution is 2.42. The minimum absolute atomic E-state index is 0.179. The number of carbonyl (C=O) groups excluding carboxylic acids is 4. The first-order valence-corrected chi connectivity index (χ1v) is 12.0. The smallest absolute Gasteiger partial charge is 0.330 e. The first-order chi connectivity index (χ1) is 14.3. The van der Waals surface area contributed by atoms with Crippen molar-refractivity contribution in [2.45, 2.75) is 40.0 Å². The van der Waals surface area contributed by atoms with Gasteiger partial charge in [0.25, 0.3) is 17.7 Å². The van der Waals surface area contributed by atoms with Crippen molar-refractivity contribution in [3.63, 3.8) is 0 Å². The number of hydrogen-bond acceptors (Lipinski definition) is 6. The van der Waals surface area contributed by atoms with E-state index in [0.29, 0.717) is 0 Å². The summed E-state index contributed by atoms with van der Waals surface area (Å²) in [5, 5.41) is 0. The Labute approximate surface area is 206 Å². The van der Waals surface area contributed by atoms with Gasteiger partial charge < -0.3 is 9.64 Å². The predicted octanol–water partition coefficient (Wildman–Crippen LogP) is 4.01. The van der Waals surface area contributed by atoms with Crippen LogP contribution in [0.2, 0.25) is 0 Å². The predicted molar refractivity (Wildman–Crippen MR) is 120 cm³/mol. The van der Waals surface area contributed by atoms with Crippen LogP contribution in [0.3, 0.4) is 0 Å². The van der Waals surface area contributed by atoms with Crippen molar-refractivity contribution in [2.75, 3.05) is 6.61 Å². The molecule has 0 aromatic heterocycles. The summed E-state index contributed by atoms with van der Waals surface area (Å²) in [4.78, 5) is 53.1. The molecule has 3 atom stereocenters. The van der Waals surface area contributed by atoms with Gasteiger partial charge in [0.2, 0.25) is 3.79 Å². The Balaban J connectivity index is 1.86. The topological polar surface area (TPSA) is 84.0 Å². The molecular weight excluding hydrogens is 534 g/mol. The number of carbonyl (C=O) groups is 4. The van der Waals surface area contributed by atoms with Crippen molar-refractivity contribution in [3.05, 3.63) is 35.4 Å². The van der Waals surface area contributed by atoms with Crippen molar-refractivity contribution < 1.29 is 23.9 Å². The molecule has 1 aromatic carbocycles. The largest absolute Gasteiger partial charge is 0.460 e. The number of alkyl halides is 4. The Bertz CT molecular complexity index is 919. The third-order valence-corrected chi connectivity index (χ3v) is 7.46. The number of benzene rings is 1. The molecule has 7 nitrogen and oxygen atoms in total. The summed E-state index contributed by atoms with van der Waals surface area (Å²) in [6.45, 7) is 2.63. The van der Waals surface area contributed by atoms with Gasteiger partial charge in [-0.05, 0) is 47.6 Å². The van der Waals surface area contributed by atoms with Crippen LogP contribution in [0.4, 0.5) is 0 Å². The number of hydrogen-bond donors (Lipinski definition) is 0. The molecule has 3 unspecified atom stereocenters. The van der Waals surface area contributed by atoms with Gasteiger partial charge in [0.05, 0.1) is 15.9 Å². The fraction of sp³-hybridized carbons (Fsp3) is 0.444. The van der Waals surface area contributed by atoms with E-state index < -0.39 is 56.4 Å². The quantitative estimate of drug-likeness (QED) is 0.176. The normalized spacial score (nSPS) is 22.4. The fourth-order valence-corrected chi connectivity index (χ4v) is 4.57. The zero-order valence-electron chi connectivity index (χ0n) is 16.0. The number of amides is 3. The second-order valence-corrected chi connectivity index (χ2v) is 12.0. The van der Waals surface area contributed by atoms with Crippen LogP contribution in [0.25, 0.3) is 0 Å². The van der Waals surface area contributed by atoms with Crippen molar-refractivity contribution >= 4 is 91.8 Å². The summed E-state index contributed by atoms with van der Waals surface area (Å²) in [7, 11) is 6.72. The van der Waals surface area contributed by atoms with Crippen LogP contribution in [-0.2, 0) is 14.3 Å². The zero-order chi connectivity index (χ0) is 23.3. The molecule has 168 valence electrons. The summed E-state index contributed by atoms with van der Waals surface area (Å²) in [5.74, 6) is -2.87. The molecular formula is C18H15Cl5N2O5S. The van der Waals surface area contributed by atoms with E-state index in [2.05, 4.69) is 0 Å². The molecule has 0 bridgehead atoms. The highest BCUT2D eigenvalue weighted by Gasteiger charge is 2.61. The third-order valence-electron chi connectivity index (χ3n) is 4.87. The maximum absolute atomic E-state index is 13.1. The Morgan fingerprint density at radius 1 is 1.13 bits per heavy atom. The van der Waals surface area contributed by atoms with Crippen molar-refractivity contribution in [1.29, 1.82) is 0 Å². The first-order valence-electron chi connectivity index (χ1n) is 8.78. The summed E-state index contributed by atoms with van der Waals surface area (Å²) in [6, 6.07) is 3.64. The minimum atomic E-state index is -1.86. The van der Waals surface area contributed by atoms with Gasteiger partial charge in [0.15, 0.2) is 6.04 Å². The standard InChI is InChI=1S/C18H15Cl5N2O5S/c1-17(2,31-23)11(16(29)30-7-18(20,21)22)25-12(19)10(15(25)28)24-13(26)8-5-3-4-6-9(8)14(24)27/h3-6,10-12H,7H2,1-2H3. The van der Waals surface area contributed by atoms with Gasteiger partial charge in [-0.25, -0.2) is 4.79 Å². The van der Waals surface area contributed by atoms with Crippen molar-refractivity contribution in [2.24, 2.45) is 0 Å². The van der Waals surface area contributed by atoms with E-state index >= 15 is 0 Å². The van der Waals surface area contributed by atoms with Gasteiger partial charge >= 0.3 is 5.97 Å². The molecule has 31 heavy (non-hydrogen) atoms. The molecule has 0 radical (unpaired) electrons. The lowest BCUT2D eigenvalue weighted by molar-refractivity contribution is -0.168. The molecule has 0 spiro atoms. The molecule has 1 aromatic rings. The fourth-order valence-electron chi connectivity index (χ4n) is 3.43. The maximum Gasteiger partial charge on any atom is 0.330 e. The second-order valence-electron chi connectivity index (χ2n) is 7.39. The Morgan fingerprint density at radius 3 is 2.06 bits per heavy atom. The number of fused-ring (bicyclic) bond motifs is 1. The van der Waals surface area contributed by atoms with Crippen LogP contribution < -0.4 is 0 Å². The number of likely N-dealkylation sites (tertiary alicyclic amines) is 1. The number of rotatable bonds is 6. The Kier molecular flexibility index (Phi) is 7.02. The van der Waals surface area contributed by atoms with Gasteiger partial charge in [-0.1, -0.05) is 58.5 Å². The van der Waals surface area contributed by atoms with Gasteiger partial charge in [0.1, 0.15) is 18.1 Å². The number of ether oxygens (including phenoxy) is 1. The zero-order valence-corrected chi connectivity index (χ0v) is 20.6. The Hall–Kier alpha value is -0.900. The highest BCUT2D eigenvalue weighted by molar-refractivity contribution is 8.22. The van der Waals surface area contributed by atoms with Crippen LogP contribution in [0, 0.1) is 0 Å². The third kappa shape index (κ3) is 4.48. The Morgan fingerprint density at radius 2 is 1.65 bits per heavy atom. The number of esters is 1. The van der Waals surface area contributed by atoms with E-state index in [4.69, 9.17) is 61.8 Å². The monoisotopic (exact) mass is 546 g/mol. The van der Waals surface area contributed by atoms with Gasteiger partial charge in [0, 0.05) is 0 Å². The van der Waals surface area contributed by atoms with E-state index in [1.807, 2.05) is 0 Å². The summed E-state index contributed by atoms with van der Waals surface area (Å²) < 4.78 is 2.13. The van der Waals surface area contributed by atoms with Gasteiger partial charge in [-0.15, -0.1) is 0 Å². The van der Waals surface area contributed by atoms with E-state index in [0.717, 1.165) is 20.8 Å². The molecule has 2 heterocycles. The maximum atomic E-state index is 13.1. The highest BCUT2D eigenvalue weighted by atomic mass is 35.7. The van der Waals surface area contributed by atoms with Gasteiger partial charge in [-0.2, -0.15) is 0 Å². The van der Waals surface area contributed by atoms with Crippen LogP contribution in [0.5, 0.6) is 0 Å². The summed E-state index contributed by atoms with van der Waals surface area (Å²) in [6.07, 6.45) is 0. The SMILES string of the molecule is CC(C)(SCl)C(C(=O)OCC(Cl)(Cl)Cl)N1C(=O)C(N2C(=O)c3ccccc3C2=O)C1Cl. The van der Waals surface area contributed by atoms with E-state index in [1.54, 1.807) is 26.0 Å². The molecule has 3 amide bonds. The average Bonchev–Trinajstić information content (AvgIpc) is 2.95. The molecule has 0 saturated carbocycles. The van der Waals surface area contributed by atoms with E-state index in [-0.39, 0.29) is 11.1 Å². The molecule has 2 aliphatic heterocycles. The van der Waals surface area contributed by atoms with Crippen LogP contribution >= 0.6 is 68.1 Å². The van der Waals surface area contributed by atoms with E-state index in [1.165, 1.54) is 12.1 Å². The van der Waals surface area contributed by atoms with Crippen LogP contribution in [-0.4, -0.2) is 66.2 Å². The number of nitrogens with zero attached hydrogens (tertiary/aromatic N) is 2. The lowest BCUT2D eigenvalue weighted by Gasteiger charge is -2.51. The van der Waals surface area contributed by atoms with E-state index in [9.17, 15) is 19.2 Å². The molecule has 1 saturated heterocycles. The number of halogens is 5. The van der Waals surface area contributed by atoms with Crippen LogP contribution in [0.1, 0.15) is 34.6 Å². The lowest BCUT2D eigenvalue weighted by Crippen LogP contribution is -2.75. The van der Waals surface area contributed by atoms with Gasteiger partial charge in [-0.3, -0.25) is 19.3 Å². The summed E-state index contributed by atoms with van der Waals surface area (Å²) in [5.41, 5.74) is -0.834. The number of β-lactam (4-membered cyclic amide) rings is 1. The summed E-state index contributed by atoms with van der Waals surface area (Å²) >= 11 is 23.3. The molecule has 13 heteroatoms. The molecule has 3 rings (SSSR count). The molecule has 1 fully saturated rings. The number of imide groups is 1. The van der Waals surface area contributed by atoms with Crippen molar-refractivity contribution in [1.82, 2.24) is 9.80 Å². The lowest BCUT2D eigenvalue weighted by atomic mass is 9.94. The molecule has 2 aliphatic rings. The molecule has 0 aliphatic carbocycles. The van der Waals surface area contributed by atoms with Crippen molar-refractivity contribution in [3.8, 4) is 0 Å². The second kappa shape index (κ2) is 8.80. The molecule has 0 N–H and O–H groups in total. The minimum Gasteiger partial charge on any atom is -0.460 e.